The molecule has 7 nitrogen and oxygen atoms in total. The van der Waals surface area contributed by atoms with Crippen molar-refractivity contribution in [1.29, 1.82) is 0 Å². The van der Waals surface area contributed by atoms with Crippen LogP contribution < -0.4 is 38.1 Å². The molecule has 14 rings (SSSR count). The van der Waals surface area contributed by atoms with Gasteiger partial charge in [0.25, 0.3) is 13.4 Å². The van der Waals surface area contributed by atoms with Gasteiger partial charge in [0.15, 0.2) is 0 Å². The zero-order valence-electron chi connectivity index (χ0n) is 35.4. The SMILES string of the molecule is c1ccc(N(c2ccccc2)c2ccc(B3c4oc5ccc6ncncc6c5c4B(c4ccc(-n5c6ccccc6c6ccccc65)cc4)c4oc5ccc6cccnc6c5c43)cc2)cc1. The van der Waals surface area contributed by atoms with Gasteiger partial charge in [-0.15, -0.1) is 0 Å². The van der Waals surface area contributed by atoms with Crippen LogP contribution in [0.25, 0.3) is 71.2 Å². The van der Waals surface area contributed by atoms with Crippen LogP contribution in [0.3, 0.4) is 0 Å². The highest BCUT2D eigenvalue weighted by Gasteiger charge is 2.47. The number of anilines is 3. The van der Waals surface area contributed by atoms with Gasteiger partial charge in [-0.05, 0) is 102 Å². The molecule has 0 unspecified atom stereocenters. The van der Waals surface area contributed by atoms with Crippen LogP contribution in [0, 0.1) is 0 Å². The Morgan fingerprint density at radius 1 is 0.455 bits per heavy atom. The summed E-state index contributed by atoms with van der Waals surface area (Å²) >= 11 is 0. The minimum atomic E-state index is -0.333. The van der Waals surface area contributed by atoms with E-state index in [4.69, 9.17) is 18.8 Å². The van der Waals surface area contributed by atoms with Crippen LogP contribution in [-0.2, 0) is 0 Å². The van der Waals surface area contributed by atoms with Crippen LogP contribution in [0.4, 0.5) is 17.1 Å². The van der Waals surface area contributed by atoms with Crippen LogP contribution in [0.15, 0.2) is 222 Å². The van der Waals surface area contributed by atoms with Gasteiger partial charge in [-0.25, -0.2) is 9.97 Å². The van der Waals surface area contributed by atoms with E-state index in [1.165, 1.54) is 21.8 Å². The molecule has 1 aliphatic heterocycles. The molecule has 9 heteroatoms. The number of fused-ring (bicyclic) bond motifs is 13. The van der Waals surface area contributed by atoms with Gasteiger partial charge in [-0.3, -0.25) is 4.98 Å². The topological polar surface area (TPSA) is 73.1 Å². The lowest BCUT2D eigenvalue weighted by Gasteiger charge is -2.27. The highest BCUT2D eigenvalue weighted by Crippen LogP contribution is 2.35. The van der Waals surface area contributed by atoms with Crippen molar-refractivity contribution in [1.82, 2.24) is 19.5 Å². The lowest BCUT2D eigenvalue weighted by atomic mass is 9.24. The number of rotatable bonds is 6. The van der Waals surface area contributed by atoms with Crippen LogP contribution in [0.5, 0.6) is 0 Å². The van der Waals surface area contributed by atoms with Gasteiger partial charge < -0.3 is 18.3 Å². The molecule has 0 fully saturated rings. The molecule has 0 N–H and O–H groups in total. The second-order valence-electron chi connectivity index (χ2n) is 17.1. The fraction of sp³-hybridized carbons (Fsp3) is 0. The molecule has 66 heavy (non-hydrogen) atoms. The molecule has 6 heterocycles. The molecule has 0 atom stereocenters. The summed E-state index contributed by atoms with van der Waals surface area (Å²) in [4.78, 5) is 16.6. The van der Waals surface area contributed by atoms with Gasteiger partial charge in [-0.2, -0.15) is 0 Å². The average Bonchev–Trinajstić information content (AvgIpc) is 4.07. The molecular formula is C57H35B2N5O2. The van der Waals surface area contributed by atoms with Gasteiger partial charge in [0.1, 0.15) is 17.5 Å². The van der Waals surface area contributed by atoms with Crippen LogP contribution >= 0.6 is 0 Å². The number of furan rings is 2. The van der Waals surface area contributed by atoms with Crippen molar-refractivity contribution >= 4 is 129 Å². The third-order valence-corrected chi connectivity index (χ3v) is 13.6. The molecule has 0 radical (unpaired) electrons. The first-order chi connectivity index (χ1) is 32.8. The summed E-state index contributed by atoms with van der Waals surface area (Å²) in [5, 5.41) is 6.44. The molecule has 0 saturated carbocycles. The number of benzene rings is 8. The molecule has 0 amide bonds. The maximum Gasteiger partial charge on any atom is 0.290 e. The Morgan fingerprint density at radius 3 is 1.68 bits per heavy atom. The highest BCUT2D eigenvalue weighted by molar-refractivity contribution is 7.12. The lowest BCUT2D eigenvalue weighted by molar-refractivity contribution is 0.647. The highest BCUT2D eigenvalue weighted by atomic mass is 16.3. The summed E-state index contributed by atoms with van der Waals surface area (Å²) in [6, 6.07) is 68.6. The van der Waals surface area contributed by atoms with Crippen LogP contribution in [-0.4, -0.2) is 32.9 Å². The standard InChI is InChI=1S/C57H35B2N5O2/c1-3-13-39(14-4-1)63(40-15-5-2-6-16-40)41-26-22-38(23-27-41)59-54-52-50(31-21-36-12-11-33-61-55(36)52)66-57(54)58(53-51-45-34-60-35-62-46(45)30-32-49(51)65-56(53)59)37-24-28-42(29-25-37)64-47-19-9-7-17-43(47)44-18-8-10-20-48(44)64/h1-35H. The molecular weight excluding hydrogens is 808 g/mol. The molecule has 13 aromatic rings. The number of pyridine rings is 1. The zero-order valence-corrected chi connectivity index (χ0v) is 35.4. The van der Waals surface area contributed by atoms with Crippen molar-refractivity contribution in [2.24, 2.45) is 0 Å². The van der Waals surface area contributed by atoms with Crippen LogP contribution in [0.1, 0.15) is 0 Å². The summed E-state index contributed by atoms with van der Waals surface area (Å²) < 4.78 is 16.9. The summed E-state index contributed by atoms with van der Waals surface area (Å²) in [5.74, 6) is 0. The first kappa shape index (κ1) is 36.8. The molecule has 0 spiro atoms. The molecule has 0 saturated heterocycles. The average molecular weight is 844 g/mol. The first-order valence-electron chi connectivity index (χ1n) is 22.3. The number of hydrogen-bond acceptors (Lipinski definition) is 6. The smallest absolute Gasteiger partial charge is 0.290 e. The van der Waals surface area contributed by atoms with Crippen LogP contribution in [0.2, 0.25) is 0 Å². The third kappa shape index (κ3) is 5.43. The maximum absolute atomic E-state index is 7.27. The van der Waals surface area contributed by atoms with Crippen molar-refractivity contribution in [3.05, 3.63) is 213 Å². The lowest BCUT2D eigenvalue weighted by Crippen LogP contribution is -2.73. The number of para-hydroxylation sites is 4. The van der Waals surface area contributed by atoms with E-state index in [-0.39, 0.29) is 13.4 Å². The Balaban J connectivity index is 1.02. The second-order valence-corrected chi connectivity index (χ2v) is 17.1. The van der Waals surface area contributed by atoms with Crippen molar-refractivity contribution in [3.8, 4) is 5.69 Å². The molecule has 5 aromatic heterocycles. The second kappa shape index (κ2) is 14.4. The van der Waals surface area contributed by atoms with E-state index < -0.39 is 0 Å². The largest absolute Gasteiger partial charge is 0.471 e. The number of hydrogen-bond donors (Lipinski definition) is 0. The van der Waals surface area contributed by atoms with E-state index >= 15 is 0 Å². The van der Waals surface area contributed by atoms with E-state index in [1.54, 1.807) is 6.33 Å². The van der Waals surface area contributed by atoms with E-state index in [0.717, 1.165) is 99.7 Å². The number of nitrogens with zero attached hydrogens (tertiary/aromatic N) is 5. The molecule has 306 valence electrons. The summed E-state index contributed by atoms with van der Waals surface area (Å²) in [7, 11) is 0. The van der Waals surface area contributed by atoms with E-state index in [1.807, 2.05) is 24.5 Å². The Kier molecular flexibility index (Phi) is 8.03. The van der Waals surface area contributed by atoms with Gasteiger partial charge in [0.05, 0.1) is 33.4 Å². The van der Waals surface area contributed by atoms with Crippen molar-refractivity contribution in [2.45, 2.75) is 0 Å². The monoisotopic (exact) mass is 843 g/mol. The van der Waals surface area contributed by atoms with Gasteiger partial charge >= 0.3 is 0 Å². The predicted octanol–water partition coefficient (Wildman–Crippen LogP) is 9.58. The van der Waals surface area contributed by atoms with Crippen molar-refractivity contribution in [3.63, 3.8) is 0 Å². The summed E-state index contributed by atoms with van der Waals surface area (Å²) in [5.41, 5.74) is 16.0. The number of aromatic nitrogens is 4. The van der Waals surface area contributed by atoms with Crippen molar-refractivity contribution in [2.75, 3.05) is 4.90 Å². The summed E-state index contributed by atoms with van der Waals surface area (Å²) in [6.45, 7) is -0.664. The molecule has 0 aliphatic carbocycles. The Bertz CT molecular complexity index is 3920. The Morgan fingerprint density at radius 2 is 1.02 bits per heavy atom. The van der Waals surface area contributed by atoms with Gasteiger partial charge in [-0.1, -0.05) is 114 Å². The first-order valence-corrected chi connectivity index (χ1v) is 22.3. The molecule has 1 aliphatic rings. The Labute approximate surface area is 379 Å². The van der Waals surface area contributed by atoms with E-state index in [9.17, 15) is 0 Å². The molecule has 8 aromatic carbocycles. The predicted molar refractivity (Wildman–Crippen MR) is 272 cm³/mol. The zero-order chi connectivity index (χ0) is 43.3. The Hall–Kier alpha value is -8.68. The maximum atomic E-state index is 7.27. The van der Waals surface area contributed by atoms with Gasteiger partial charge in [0.2, 0.25) is 0 Å². The van der Waals surface area contributed by atoms with E-state index in [2.05, 4.69) is 196 Å². The van der Waals surface area contributed by atoms with Gasteiger partial charge in [0, 0.05) is 67.5 Å². The quantitative estimate of drug-likeness (QED) is 0.155. The third-order valence-electron chi connectivity index (χ3n) is 13.6. The summed E-state index contributed by atoms with van der Waals surface area (Å²) in [6.07, 6.45) is 5.40. The van der Waals surface area contributed by atoms with Crippen molar-refractivity contribution < 1.29 is 8.83 Å². The minimum absolute atomic E-state index is 0.331. The fourth-order valence-electron chi connectivity index (χ4n) is 10.8. The minimum Gasteiger partial charge on any atom is -0.471 e. The van der Waals surface area contributed by atoms with E-state index in [0.29, 0.717) is 0 Å². The molecule has 0 bridgehead atoms. The fourth-order valence-corrected chi connectivity index (χ4v) is 10.8. The normalized spacial score (nSPS) is 12.5.